The molecule has 0 aliphatic carbocycles. The van der Waals surface area contributed by atoms with Crippen molar-refractivity contribution < 1.29 is 8.91 Å². The molecule has 29 heavy (non-hydrogen) atoms. The zero-order valence-electron chi connectivity index (χ0n) is 15.7. The van der Waals surface area contributed by atoms with Gasteiger partial charge in [0.25, 0.3) is 0 Å². The molecule has 1 unspecified atom stereocenters. The van der Waals surface area contributed by atoms with Crippen molar-refractivity contribution in [3.05, 3.63) is 59.9 Å². The molecule has 0 spiro atoms. The van der Waals surface area contributed by atoms with Gasteiger partial charge in [0.15, 0.2) is 0 Å². The Bertz CT molecular complexity index is 1250. The average Bonchev–Trinajstić information content (AvgIpc) is 3.47. The first-order valence-electron chi connectivity index (χ1n) is 9.33. The lowest BCUT2D eigenvalue weighted by Crippen LogP contribution is -2.20. The second-order valence-corrected chi connectivity index (χ2v) is 7.21. The molecule has 3 heterocycles. The van der Waals surface area contributed by atoms with Gasteiger partial charge in [-0.3, -0.25) is 4.68 Å². The van der Waals surface area contributed by atoms with Crippen LogP contribution in [0.5, 0.6) is 0 Å². The Morgan fingerprint density at radius 2 is 2.14 bits per heavy atom. The summed E-state index contributed by atoms with van der Waals surface area (Å²) >= 11 is 0. The molecule has 0 N–H and O–H groups in total. The van der Waals surface area contributed by atoms with Crippen LogP contribution in [0.2, 0.25) is 0 Å². The van der Waals surface area contributed by atoms with Crippen LogP contribution in [0, 0.1) is 17.1 Å². The van der Waals surface area contributed by atoms with E-state index in [1.807, 2.05) is 42.4 Å². The second kappa shape index (κ2) is 6.71. The van der Waals surface area contributed by atoms with Crippen LogP contribution in [0.1, 0.15) is 23.8 Å². The Morgan fingerprint density at radius 1 is 1.24 bits per heavy atom. The lowest BCUT2D eigenvalue weighted by atomic mass is 10.1. The highest BCUT2D eigenvalue weighted by Crippen LogP contribution is 2.32. The van der Waals surface area contributed by atoms with Gasteiger partial charge >= 0.3 is 0 Å². The number of aromatic nitrogens is 4. The Morgan fingerprint density at radius 3 is 2.97 bits per heavy atom. The van der Waals surface area contributed by atoms with Crippen molar-refractivity contribution >= 4 is 16.6 Å². The van der Waals surface area contributed by atoms with Crippen LogP contribution in [0.15, 0.2) is 47.1 Å². The largest absolute Gasteiger partial charge is 0.368 e. The maximum Gasteiger partial charge on any atom is 0.231 e. The fourth-order valence-corrected chi connectivity index (χ4v) is 3.82. The van der Waals surface area contributed by atoms with E-state index >= 15 is 0 Å². The number of nitriles is 1. The molecule has 0 radical (unpaired) electrons. The molecular formula is C21H17FN6O. The third-order valence-corrected chi connectivity index (χ3v) is 5.40. The fraction of sp³-hybridized carbons (Fsp3) is 0.238. The Kier molecular flexibility index (Phi) is 4.02. The molecule has 8 heteroatoms. The van der Waals surface area contributed by atoms with Crippen LogP contribution in [0.25, 0.3) is 22.3 Å². The Labute approximate surface area is 166 Å². The standard InChI is InChI=1S/C21H17FN6O/c1-27-19-9-14(3-4-15(19)11-24-27)20-25-21(29-26-20)16-6-7-28(12-16)18-5-2-13(10-23)8-17(18)22/h2-5,8-9,11,16H,6-7,12H2,1H3. The quantitative estimate of drug-likeness (QED) is 0.533. The number of benzene rings is 2. The third-order valence-electron chi connectivity index (χ3n) is 5.40. The van der Waals surface area contributed by atoms with Gasteiger partial charge in [-0.05, 0) is 30.7 Å². The van der Waals surface area contributed by atoms with Gasteiger partial charge in [-0.1, -0.05) is 17.3 Å². The van der Waals surface area contributed by atoms with Gasteiger partial charge in [0, 0.05) is 31.1 Å². The molecule has 0 bridgehead atoms. The van der Waals surface area contributed by atoms with Crippen LogP contribution in [-0.2, 0) is 7.05 Å². The van der Waals surface area contributed by atoms with Gasteiger partial charge < -0.3 is 9.42 Å². The summed E-state index contributed by atoms with van der Waals surface area (Å²) < 4.78 is 21.7. The van der Waals surface area contributed by atoms with Gasteiger partial charge in [0.1, 0.15) is 5.82 Å². The summed E-state index contributed by atoms with van der Waals surface area (Å²) in [7, 11) is 1.89. The van der Waals surface area contributed by atoms with E-state index in [1.54, 1.807) is 16.8 Å². The predicted octanol–water partition coefficient (Wildman–Crippen LogP) is 3.63. The van der Waals surface area contributed by atoms with Crippen molar-refractivity contribution in [1.29, 1.82) is 5.26 Å². The van der Waals surface area contributed by atoms with E-state index in [1.165, 1.54) is 6.07 Å². The highest BCUT2D eigenvalue weighted by Gasteiger charge is 2.30. The highest BCUT2D eigenvalue weighted by atomic mass is 19.1. The molecule has 4 aromatic rings. The van der Waals surface area contributed by atoms with Crippen LogP contribution >= 0.6 is 0 Å². The number of halogens is 1. The average molecular weight is 388 g/mol. The molecule has 1 atom stereocenters. The third kappa shape index (κ3) is 3.01. The number of hydrogen-bond acceptors (Lipinski definition) is 6. The van der Waals surface area contributed by atoms with E-state index in [-0.39, 0.29) is 11.7 Å². The topological polar surface area (TPSA) is 83.8 Å². The van der Waals surface area contributed by atoms with Crippen molar-refractivity contribution in [2.45, 2.75) is 12.3 Å². The van der Waals surface area contributed by atoms with Crippen molar-refractivity contribution in [3.8, 4) is 17.5 Å². The SMILES string of the molecule is Cn1ncc2ccc(-c3noc(C4CCN(c5ccc(C#N)cc5F)C4)n3)cc21. The fourth-order valence-electron chi connectivity index (χ4n) is 3.82. The Balaban J connectivity index is 1.37. The normalized spacial score (nSPS) is 16.4. The van der Waals surface area contributed by atoms with Crippen molar-refractivity contribution in [2.24, 2.45) is 7.05 Å². The van der Waals surface area contributed by atoms with E-state index in [9.17, 15) is 4.39 Å². The zero-order valence-corrected chi connectivity index (χ0v) is 15.7. The van der Waals surface area contributed by atoms with E-state index in [0.29, 0.717) is 36.1 Å². The maximum atomic E-state index is 14.3. The number of rotatable bonds is 3. The highest BCUT2D eigenvalue weighted by molar-refractivity contribution is 5.83. The molecule has 1 aliphatic rings. The molecule has 2 aromatic heterocycles. The maximum absolute atomic E-state index is 14.3. The monoisotopic (exact) mass is 388 g/mol. The minimum atomic E-state index is -0.389. The summed E-state index contributed by atoms with van der Waals surface area (Å²) in [5.41, 5.74) is 2.67. The molecule has 144 valence electrons. The van der Waals surface area contributed by atoms with E-state index in [0.717, 1.165) is 22.9 Å². The number of hydrogen-bond donors (Lipinski definition) is 0. The van der Waals surface area contributed by atoms with E-state index < -0.39 is 0 Å². The van der Waals surface area contributed by atoms with Gasteiger partial charge in [-0.2, -0.15) is 15.3 Å². The smallest absolute Gasteiger partial charge is 0.231 e. The van der Waals surface area contributed by atoms with Crippen LogP contribution < -0.4 is 4.90 Å². The summed E-state index contributed by atoms with van der Waals surface area (Å²) in [6.07, 6.45) is 2.61. The zero-order chi connectivity index (χ0) is 20.0. The van der Waals surface area contributed by atoms with Crippen LogP contribution in [0.3, 0.4) is 0 Å². The summed E-state index contributed by atoms with van der Waals surface area (Å²) in [5.74, 6) is 0.736. The summed E-state index contributed by atoms with van der Waals surface area (Å²) in [4.78, 5) is 6.54. The van der Waals surface area contributed by atoms with Gasteiger partial charge in [-0.25, -0.2) is 4.39 Å². The minimum absolute atomic E-state index is 0.0340. The van der Waals surface area contributed by atoms with Gasteiger partial charge in [-0.15, -0.1) is 0 Å². The predicted molar refractivity (Wildman–Crippen MR) is 105 cm³/mol. The first-order chi connectivity index (χ1) is 14.1. The number of nitrogens with zero attached hydrogens (tertiary/aromatic N) is 6. The molecule has 0 amide bonds. The lowest BCUT2D eigenvalue weighted by Gasteiger charge is -2.18. The molecule has 2 aromatic carbocycles. The summed E-state index contributed by atoms with van der Waals surface area (Å²) in [6.45, 7) is 1.28. The second-order valence-electron chi connectivity index (χ2n) is 7.21. The number of fused-ring (bicyclic) bond motifs is 1. The molecular weight excluding hydrogens is 371 g/mol. The van der Waals surface area contributed by atoms with E-state index in [2.05, 4.69) is 15.2 Å². The van der Waals surface area contributed by atoms with Crippen LogP contribution in [-0.4, -0.2) is 33.0 Å². The van der Waals surface area contributed by atoms with Gasteiger partial charge in [0.2, 0.25) is 11.7 Å². The van der Waals surface area contributed by atoms with Crippen molar-refractivity contribution in [3.63, 3.8) is 0 Å². The van der Waals surface area contributed by atoms with Gasteiger partial charge in [0.05, 0.1) is 35.0 Å². The molecule has 1 aliphatic heterocycles. The summed E-state index contributed by atoms with van der Waals surface area (Å²) in [5, 5.41) is 18.4. The molecule has 5 rings (SSSR count). The number of anilines is 1. The molecule has 0 saturated carbocycles. The molecule has 1 fully saturated rings. The lowest BCUT2D eigenvalue weighted by molar-refractivity contribution is 0.360. The molecule has 1 saturated heterocycles. The van der Waals surface area contributed by atoms with Crippen molar-refractivity contribution in [2.75, 3.05) is 18.0 Å². The molecule has 7 nitrogen and oxygen atoms in total. The number of aryl methyl sites for hydroxylation is 1. The van der Waals surface area contributed by atoms with Crippen LogP contribution in [0.4, 0.5) is 10.1 Å². The van der Waals surface area contributed by atoms with Crippen molar-refractivity contribution in [1.82, 2.24) is 19.9 Å². The summed E-state index contributed by atoms with van der Waals surface area (Å²) in [6, 6.07) is 12.4. The minimum Gasteiger partial charge on any atom is -0.368 e. The Hall–Kier alpha value is -3.73. The first-order valence-corrected chi connectivity index (χ1v) is 9.33. The van der Waals surface area contributed by atoms with E-state index in [4.69, 9.17) is 9.78 Å². The first kappa shape index (κ1) is 17.4.